The molecule has 2 aromatic rings. The van der Waals surface area contributed by atoms with E-state index >= 15 is 0 Å². The SMILES string of the molecule is C[C@@H]1[C@@H]2[C@@H](O)[C@@H]([C@H](C)C(=O)NCc3ccccn3)CC[C@]2(C)CC[C@@H]1NC(=O)c1ccccn1. The first-order chi connectivity index (χ1) is 16.3. The van der Waals surface area contributed by atoms with Crippen LogP contribution in [0.2, 0.25) is 0 Å². The maximum absolute atomic E-state index is 12.9. The molecule has 4 rings (SSSR count). The summed E-state index contributed by atoms with van der Waals surface area (Å²) < 4.78 is 0. The molecule has 0 radical (unpaired) electrons. The van der Waals surface area contributed by atoms with Crippen LogP contribution < -0.4 is 10.6 Å². The van der Waals surface area contributed by atoms with Gasteiger partial charge in [-0.05, 0) is 73.1 Å². The van der Waals surface area contributed by atoms with E-state index in [1.165, 1.54) is 0 Å². The number of hydrogen-bond donors (Lipinski definition) is 3. The Balaban J connectivity index is 1.42. The van der Waals surface area contributed by atoms with Crippen LogP contribution in [0.15, 0.2) is 48.8 Å². The number of aliphatic hydroxyl groups is 1. The molecule has 0 bridgehead atoms. The van der Waals surface area contributed by atoms with Crippen LogP contribution in [0.3, 0.4) is 0 Å². The Morgan fingerprint density at radius 3 is 2.50 bits per heavy atom. The molecule has 2 aromatic heterocycles. The van der Waals surface area contributed by atoms with Gasteiger partial charge >= 0.3 is 0 Å². The molecule has 7 atom stereocenters. The van der Waals surface area contributed by atoms with E-state index < -0.39 is 6.10 Å². The minimum Gasteiger partial charge on any atom is -0.392 e. The monoisotopic (exact) mass is 464 g/mol. The van der Waals surface area contributed by atoms with Crippen molar-refractivity contribution in [1.29, 1.82) is 0 Å². The smallest absolute Gasteiger partial charge is 0.270 e. The molecule has 7 nitrogen and oxygen atoms in total. The first kappa shape index (κ1) is 24.3. The highest BCUT2D eigenvalue weighted by atomic mass is 16.3. The summed E-state index contributed by atoms with van der Waals surface area (Å²) in [5, 5.41) is 17.7. The topological polar surface area (TPSA) is 104 Å². The van der Waals surface area contributed by atoms with Crippen molar-refractivity contribution in [1.82, 2.24) is 20.6 Å². The average Bonchev–Trinajstić information content (AvgIpc) is 2.85. The summed E-state index contributed by atoms with van der Waals surface area (Å²) in [6, 6.07) is 10.9. The highest BCUT2D eigenvalue weighted by Gasteiger charge is 2.53. The Morgan fingerprint density at radius 1 is 1.12 bits per heavy atom. The number of nitrogens with zero attached hydrogens (tertiary/aromatic N) is 2. The first-order valence-electron chi connectivity index (χ1n) is 12.4. The summed E-state index contributed by atoms with van der Waals surface area (Å²) in [5.74, 6) is -0.548. The Hall–Kier alpha value is -2.80. The molecule has 34 heavy (non-hydrogen) atoms. The van der Waals surface area contributed by atoms with Crippen LogP contribution in [0.4, 0.5) is 0 Å². The number of fused-ring (bicyclic) bond motifs is 1. The van der Waals surface area contributed by atoms with Crippen molar-refractivity contribution < 1.29 is 14.7 Å². The van der Waals surface area contributed by atoms with E-state index in [-0.39, 0.29) is 46.9 Å². The zero-order chi connectivity index (χ0) is 24.3. The molecule has 2 fully saturated rings. The van der Waals surface area contributed by atoms with Crippen LogP contribution in [0, 0.1) is 29.1 Å². The number of pyridine rings is 2. The van der Waals surface area contributed by atoms with Gasteiger partial charge in [-0.2, -0.15) is 0 Å². The second kappa shape index (κ2) is 10.2. The van der Waals surface area contributed by atoms with Crippen LogP contribution in [0.1, 0.15) is 62.6 Å². The summed E-state index contributed by atoms with van der Waals surface area (Å²) in [4.78, 5) is 34.1. The second-order valence-corrected chi connectivity index (χ2v) is 10.4. The van der Waals surface area contributed by atoms with Crippen molar-refractivity contribution in [3.8, 4) is 0 Å². The van der Waals surface area contributed by atoms with E-state index in [1.54, 1.807) is 30.6 Å². The number of hydrogen-bond acceptors (Lipinski definition) is 5. The molecule has 2 saturated carbocycles. The number of carbonyl (C=O) groups is 2. The predicted molar refractivity (Wildman–Crippen MR) is 129 cm³/mol. The van der Waals surface area contributed by atoms with E-state index in [0.29, 0.717) is 12.2 Å². The molecule has 2 heterocycles. The minimum absolute atomic E-state index is 0.00567. The number of aromatic nitrogens is 2. The van der Waals surface area contributed by atoms with Crippen LogP contribution in [-0.2, 0) is 11.3 Å². The molecule has 0 unspecified atom stereocenters. The molecule has 7 heteroatoms. The van der Waals surface area contributed by atoms with Gasteiger partial charge in [0.15, 0.2) is 0 Å². The first-order valence-corrected chi connectivity index (χ1v) is 12.4. The Labute approximate surface area is 201 Å². The Kier molecular flexibility index (Phi) is 7.31. The lowest BCUT2D eigenvalue weighted by Gasteiger charge is -2.56. The van der Waals surface area contributed by atoms with Gasteiger partial charge in [-0.25, -0.2) is 0 Å². The fourth-order valence-corrected chi connectivity index (χ4v) is 6.27. The fourth-order valence-electron chi connectivity index (χ4n) is 6.27. The lowest BCUT2D eigenvalue weighted by Crippen LogP contribution is -2.58. The van der Waals surface area contributed by atoms with Gasteiger partial charge in [0.25, 0.3) is 5.91 Å². The summed E-state index contributed by atoms with van der Waals surface area (Å²) >= 11 is 0. The molecule has 2 aliphatic rings. The van der Waals surface area contributed by atoms with Crippen molar-refractivity contribution in [2.24, 2.45) is 29.1 Å². The highest BCUT2D eigenvalue weighted by Crippen LogP contribution is 2.55. The summed E-state index contributed by atoms with van der Waals surface area (Å²) in [6.45, 7) is 6.68. The maximum atomic E-state index is 12.9. The molecule has 0 saturated heterocycles. The third kappa shape index (κ3) is 4.99. The molecule has 0 aromatic carbocycles. The molecule has 182 valence electrons. The maximum Gasteiger partial charge on any atom is 0.270 e. The van der Waals surface area contributed by atoms with E-state index in [1.807, 2.05) is 25.1 Å². The minimum atomic E-state index is -0.598. The van der Waals surface area contributed by atoms with Gasteiger partial charge in [-0.15, -0.1) is 0 Å². The summed E-state index contributed by atoms with van der Waals surface area (Å²) in [7, 11) is 0. The second-order valence-electron chi connectivity index (χ2n) is 10.4. The van der Waals surface area contributed by atoms with Crippen molar-refractivity contribution in [3.63, 3.8) is 0 Å². The van der Waals surface area contributed by atoms with Crippen molar-refractivity contribution in [2.45, 2.75) is 65.1 Å². The largest absolute Gasteiger partial charge is 0.392 e. The number of amides is 2. The number of rotatable bonds is 6. The van der Waals surface area contributed by atoms with Crippen molar-refractivity contribution >= 4 is 11.8 Å². The van der Waals surface area contributed by atoms with Crippen LogP contribution in [0.25, 0.3) is 0 Å². The Bertz CT molecular complexity index is 986. The third-order valence-electron chi connectivity index (χ3n) is 8.33. The summed E-state index contributed by atoms with van der Waals surface area (Å²) in [6.07, 6.45) is 6.35. The van der Waals surface area contributed by atoms with Gasteiger partial charge in [0, 0.05) is 24.4 Å². The molecular weight excluding hydrogens is 428 g/mol. The van der Waals surface area contributed by atoms with E-state index in [9.17, 15) is 14.7 Å². The lowest BCUT2D eigenvalue weighted by molar-refractivity contribution is -0.142. The zero-order valence-electron chi connectivity index (χ0n) is 20.3. The van der Waals surface area contributed by atoms with Gasteiger partial charge < -0.3 is 15.7 Å². The molecule has 3 N–H and O–H groups in total. The van der Waals surface area contributed by atoms with Gasteiger partial charge in [0.2, 0.25) is 5.91 Å². The summed E-state index contributed by atoms with van der Waals surface area (Å²) in [5.41, 5.74) is 1.22. The van der Waals surface area contributed by atoms with Crippen LogP contribution >= 0.6 is 0 Å². The average molecular weight is 465 g/mol. The van der Waals surface area contributed by atoms with E-state index in [2.05, 4.69) is 34.4 Å². The number of nitrogens with one attached hydrogen (secondary N) is 2. The van der Waals surface area contributed by atoms with Gasteiger partial charge in [-0.1, -0.05) is 32.9 Å². The molecule has 0 spiro atoms. The zero-order valence-corrected chi connectivity index (χ0v) is 20.3. The van der Waals surface area contributed by atoms with Crippen LogP contribution in [-0.4, -0.2) is 39.0 Å². The molecule has 2 amide bonds. The van der Waals surface area contributed by atoms with E-state index in [0.717, 1.165) is 31.4 Å². The normalized spacial score (nSPS) is 31.7. The fraction of sp³-hybridized carbons (Fsp3) is 0.556. The predicted octanol–water partition coefficient (Wildman–Crippen LogP) is 3.35. The highest BCUT2D eigenvalue weighted by molar-refractivity contribution is 5.92. The number of aliphatic hydroxyl groups excluding tert-OH is 1. The van der Waals surface area contributed by atoms with Gasteiger partial charge in [0.05, 0.1) is 18.3 Å². The lowest BCUT2D eigenvalue weighted by atomic mass is 9.51. The third-order valence-corrected chi connectivity index (χ3v) is 8.33. The van der Waals surface area contributed by atoms with E-state index in [4.69, 9.17) is 0 Å². The molecule has 2 aliphatic carbocycles. The number of carbonyl (C=O) groups excluding carboxylic acids is 2. The van der Waals surface area contributed by atoms with Gasteiger partial charge in [0.1, 0.15) is 5.69 Å². The van der Waals surface area contributed by atoms with Crippen LogP contribution in [0.5, 0.6) is 0 Å². The standard InChI is InChI=1S/C27H36N4O3/c1-17(25(33)30-16-19-8-4-6-14-28-19)20-10-12-27(3)13-11-21(18(2)23(27)24(20)32)31-26(34)22-9-5-7-15-29-22/h4-9,14-15,17-18,20-21,23-24,32H,10-13,16H2,1-3H3,(H,30,33)(H,31,34)/t17-,18-,20+,21-,23+,24-,27+/m0/s1. The quantitative estimate of drug-likeness (QED) is 0.608. The molecular formula is C27H36N4O3. The Morgan fingerprint density at radius 2 is 1.82 bits per heavy atom. The molecule has 0 aliphatic heterocycles. The van der Waals surface area contributed by atoms with Crippen molar-refractivity contribution in [2.75, 3.05) is 0 Å². The van der Waals surface area contributed by atoms with Gasteiger partial charge in [-0.3, -0.25) is 19.6 Å². The van der Waals surface area contributed by atoms with Crippen molar-refractivity contribution in [3.05, 3.63) is 60.2 Å².